The fourth-order valence-corrected chi connectivity index (χ4v) is 3.82. The second kappa shape index (κ2) is 7.27. The standard InChI is InChI=1S/C17H17BrN2O2S/c18-15-10-13(11-23-15)17(22)20-8-6-14(7-9-20)19-16(21)12-4-2-1-3-5-12/h1-5,10-11,14H,6-9H2,(H,19,21). The van der Waals surface area contributed by atoms with Crippen molar-refractivity contribution >= 4 is 39.1 Å². The molecule has 1 N–H and O–H groups in total. The van der Waals surface area contributed by atoms with Crippen LogP contribution in [0, 0.1) is 0 Å². The lowest BCUT2D eigenvalue weighted by atomic mass is 10.0. The molecule has 0 atom stereocenters. The third kappa shape index (κ3) is 4.00. The number of piperidine rings is 1. The van der Waals surface area contributed by atoms with Crippen LogP contribution in [0.25, 0.3) is 0 Å². The first-order chi connectivity index (χ1) is 11.1. The predicted molar refractivity (Wildman–Crippen MR) is 94.9 cm³/mol. The van der Waals surface area contributed by atoms with E-state index in [2.05, 4.69) is 21.2 Å². The Labute approximate surface area is 147 Å². The van der Waals surface area contributed by atoms with Crippen LogP contribution in [0.2, 0.25) is 0 Å². The number of nitrogens with zero attached hydrogens (tertiary/aromatic N) is 1. The van der Waals surface area contributed by atoms with E-state index in [1.54, 1.807) is 0 Å². The van der Waals surface area contributed by atoms with E-state index in [0.29, 0.717) is 18.7 Å². The van der Waals surface area contributed by atoms with Crippen LogP contribution in [0.4, 0.5) is 0 Å². The van der Waals surface area contributed by atoms with Crippen molar-refractivity contribution in [3.63, 3.8) is 0 Å². The molecule has 0 saturated carbocycles. The molecular formula is C17H17BrN2O2S. The molecule has 1 fully saturated rings. The highest BCUT2D eigenvalue weighted by molar-refractivity contribution is 9.11. The van der Waals surface area contributed by atoms with E-state index in [1.807, 2.05) is 46.7 Å². The molecule has 2 amide bonds. The number of carbonyl (C=O) groups excluding carboxylic acids is 2. The zero-order valence-corrected chi connectivity index (χ0v) is 14.9. The Balaban J connectivity index is 1.52. The van der Waals surface area contributed by atoms with Crippen LogP contribution < -0.4 is 5.32 Å². The summed E-state index contributed by atoms with van der Waals surface area (Å²) in [5.74, 6) is 0.0249. The summed E-state index contributed by atoms with van der Waals surface area (Å²) in [5, 5.41) is 4.93. The van der Waals surface area contributed by atoms with Gasteiger partial charge in [0.05, 0.1) is 9.35 Å². The fraction of sp³-hybridized carbons (Fsp3) is 0.294. The minimum Gasteiger partial charge on any atom is -0.349 e. The third-order valence-corrected chi connectivity index (χ3v) is 5.47. The van der Waals surface area contributed by atoms with Crippen LogP contribution in [0.15, 0.2) is 45.6 Å². The first-order valence-corrected chi connectivity index (χ1v) is 9.20. The molecule has 1 aliphatic heterocycles. The van der Waals surface area contributed by atoms with Gasteiger partial charge in [0, 0.05) is 30.1 Å². The first kappa shape index (κ1) is 16.2. The maximum absolute atomic E-state index is 12.4. The maximum Gasteiger partial charge on any atom is 0.254 e. The number of thiophene rings is 1. The second-order valence-corrected chi connectivity index (χ2v) is 7.84. The smallest absolute Gasteiger partial charge is 0.254 e. The van der Waals surface area contributed by atoms with Crippen molar-refractivity contribution < 1.29 is 9.59 Å². The van der Waals surface area contributed by atoms with Crippen molar-refractivity contribution in [2.24, 2.45) is 0 Å². The van der Waals surface area contributed by atoms with Crippen molar-refractivity contribution in [3.05, 3.63) is 56.7 Å². The number of amides is 2. The van der Waals surface area contributed by atoms with Gasteiger partial charge in [-0.25, -0.2) is 0 Å². The van der Waals surface area contributed by atoms with E-state index in [1.165, 1.54) is 11.3 Å². The molecule has 6 heteroatoms. The van der Waals surface area contributed by atoms with Gasteiger partial charge in [0.15, 0.2) is 0 Å². The van der Waals surface area contributed by atoms with Crippen LogP contribution in [0.3, 0.4) is 0 Å². The summed E-state index contributed by atoms with van der Waals surface area (Å²) in [6.07, 6.45) is 1.57. The predicted octanol–water partition coefficient (Wildman–Crippen LogP) is 3.55. The number of nitrogens with one attached hydrogen (secondary N) is 1. The molecular weight excluding hydrogens is 376 g/mol. The molecule has 2 aromatic rings. The largest absolute Gasteiger partial charge is 0.349 e. The maximum atomic E-state index is 12.4. The summed E-state index contributed by atoms with van der Waals surface area (Å²) >= 11 is 4.90. The Bertz CT molecular complexity index is 694. The quantitative estimate of drug-likeness (QED) is 0.867. The van der Waals surface area contributed by atoms with E-state index < -0.39 is 0 Å². The average Bonchev–Trinajstić information content (AvgIpc) is 3.02. The van der Waals surface area contributed by atoms with Crippen molar-refractivity contribution in [1.82, 2.24) is 10.2 Å². The molecule has 4 nitrogen and oxygen atoms in total. The minimum absolute atomic E-state index is 0.0443. The summed E-state index contributed by atoms with van der Waals surface area (Å²) in [5.41, 5.74) is 1.41. The Hall–Kier alpha value is -1.66. The molecule has 3 rings (SSSR count). The molecule has 0 unspecified atom stereocenters. The fourth-order valence-electron chi connectivity index (χ4n) is 2.69. The number of carbonyl (C=O) groups is 2. The SMILES string of the molecule is O=C(NC1CCN(C(=O)c2csc(Br)c2)CC1)c1ccccc1. The molecule has 0 bridgehead atoms. The number of rotatable bonds is 3. The molecule has 0 radical (unpaired) electrons. The van der Waals surface area contributed by atoms with Crippen LogP contribution >= 0.6 is 27.3 Å². The lowest BCUT2D eigenvalue weighted by molar-refractivity contribution is 0.0698. The van der Waals surface area contributed by atoms with Crippen molar-refractivity contribution in [1.29, 1.82) is 0 Å². The summed E-state index contributed by atoms with van der Waals surface area (Å²) in [4.78, 5) is 26.4. The normalized spacial score (nSPS) is 15.4. The van der Waals surface area contributed by atoms with E-state index in [0.717, 1.165) is 22.2 Å². The molecule has 1 aromatic heterocycles. The Kier molecular flexibility index (Phi) is 5.13. The average molecular weight is 393 g/mol. The highest BCUT2D eigenvalue weighted by atomic mass is 79.9. The molecule has 0 aliphatic carbocycles. The van der Waals surface area contributed by atoms with Crippen molar-refractivity contribution in [3.8, 4) is 0 Å². The molecule has 0 spiro atoms. The zero-order valence-electron chi connectivity index (χ0n) is 12.5. The van der Waals surface area contributed by atoms with Gasteiger partial charge in [0.25, 0.3) is 11.8 Å². The minimum atomic E-state index is -0.0443. The van der Waals surface area contributed by atoms with Gasteiger partial charge in [0.2, 0.25) is 0 Å². The van der Waals surface area contributed by atoms with Gasteiger partial charge >= 0.3 is 0 Å². The number of likely N-dealkylation sites (tertiary alicyclic amines) is 1. The number of halogens is 1. The van der Waals surface area contributed by atoms with Gasteiger partial charge in [-0.3, -0.25) is 9.59 Å². The van der Waals surface area contributed by atoms with E-state index in [4.69, 9.17) is 0 Å². The highest BCUT2D eigenvalue weighted by Gasteiger charge is 2.25. The summed E-state index contributed by atoms with van der Waals surface area (Å²) in [6.45, 7) is 1.35. The summed E-state index contributed by atoms with van der Waals surface area (Å²) in [6, 6.07) is 11.2. The highest BCUT2D eigenvalue weighted by Crippen LogP contribution is 2.23. The molecule has 2 heterocycles. The number of hydrogen-bond acceptors (Lipinski definition) is 3. The zero-order chi connectivity index (χ0) is 16.2. The van der Waals surface area contributed by atoms with Crippen LogP contribution in [-0.2, 0) is 0 Å². The van der Waals surface area contributed by atoms with Gasteiger partial charge in [-0.2, -0.15) is 0 Å². The molecule has 23 heavy (non-hydrogen) atoms. The lowest BCUT2D eigenvalue weighted by Crippen LogP contribution is -2.46. The van der Waals surface area contributed by atoms with E-state index in [-0.39, 0.29) is 17.9 Å². The monoisotopic (exact) mass is 392 g/mol. The molecule has 1 aliphatic rings. The van der Waals surface area contributed by atoms with Crippen molar-refractivity contribution in [2.75, 3.05) is 13.1 Å². The van der Waals surface area contributed by atoms with Gasteiger partial charge in [-0.05, 0) is 47.0 Å². The topological polar surface area (TPSA) is 49.4 Å². The van der Waals surface area contributed by atoms with Crippen molar-refractivity contribution in [2.45, 2.75) is 18.9 Å². The Morgan fingerprint density at radius 1 is 1.13 bits per heavy atom. The Morgan fingerprint density at radius 2 is 1.83 bits per heavy atom. The van der Waals surface area contributed by atoms with Crippen LogP contribution in [-0.4, -0.2) is 35.8 Å². The molecule has 1 saturated heterocycles. The van der Waals surface area contributed by atoms with Gasteiger partial charge < -0.3 is 10.2 Å². The van der Waals surface area contributed by atoms with Gasteiger partial charge in [0.1, 0.15) is 0 Å². The van der Waals surface area contributed by atoms with E-state index >= 15 is 0 Å². The van der Waals surface area contributed by atoms with Gasteiger partial charge in [-0.15, -0.1) is 11.3 Å². The Morgan fingerprint density at radius 3 is 2.43 bits per heavy atom. The second-order valence-electron chi connectivity index (χ2n) is 5.55. The first-order valence-electron chi connectivity index (χ1n) is 7.52. The van der Waals surface area contributed by atoms with E-state index in [9.17, 15) is 9.59 Å². The third-order valence-electron chi connectivity index (χ3n) is 3.97. The lowest BCUT2D eigenvalue weighted by Gasteiger charge is -2.32. The van der Waals surface area contributed by atoms with Gasteiger partial charge in [-0.1, -0.05) is 18.2 Å². The van der Waals surface area contributed by atoms with Crippen LogP contribution in [0.5, 0.6) is 0 Å². The molecule has 1 aromatic carbocycles. The molecule has 120 valence electrons. The number of hydrogen-bond donors (Lipinski definition) is 1. The summed E-state index contributed by atoms with van der Waals surface area (Å²) in [7, 11) is 0. The number of benzene rings is 1. The van der Waals surface area contributed by atoms with Crippen LogP contribution in [0.1, 0.15) is 33.6 Å². The summed E-state index contributed by atoms with van der Waals surface area (Å²) < 4.78 is 0.964.